The van der Waals surface area contributed by atoms with Gasteiger partial charge in [-0.05, 0) is 59.1 Å². The maximum Gasteiger partial charge on any atom is 0.335 e. The Morgan fingerprint density at radius 3 is 2.38 bits per heavy atom. The fourth-order valence-electron chi connectivity index (χ4n) is 3.45. The molecule has 8 heteroatoms. The molecule has 1 aromatic carbocycles. The molecule has 2 atom stereocenters. The predicted octanol–water partition coefficient (Wildman–Crippen LogP) is 1.42. The molecule has 1 heterocycles. The summed E-state index contributed by atoms with van der Waals surface area (Å²) in [7, 11) is 0.382. The molecule has 0 bridgehead atoms. The summed E-state index contributed by atoms with van der Waals surface area (Å²) in [5.74, 6) is -1.13. The average molecular weight is 384 g/mol. The molecule has 0 saturated carbocycles. The summed E-state index contributed by atoms with van der Waals surface area (Å²) in [6, 6.07) is 5.78. The SMILES string of the molecule is CC1CN(S(=O)(=O)c2cccc(C(=O)O)c2)CC(C)N1CCCN(C)C. The lowest BCUT2D eigenvalue weighted by molar-refractivity contribution is 0.0696. The Bertz CT molecular complexity index is 724. The summed E-state index contributed by atoms with van der Waals surface area (Å²) in [5.41, 5.74) is -0.0190. The third kappa shape index (κ3) is 4.82. The second-order valence-corrected chi connectivity index (χ2v) is 9.19. The highest BCUT2D eigenvalue weighted by Gasteiger charge is 2.36. The molecule has 0 amide bonds. The molecule has 0 radical (unpaired) electrons. The van der Waals surface area contributed by atoms with Crippen LogP contribution in [-0.4, -0.2) is 86.0 Å². The summed E-state index contributed by atoms with van der Waals surface area (Å²) < 4.78 is 27.4. The molecule has 7 nitrogen and oxygen atoms in total. The van der Waals surface area contributed by atoms with Gasteiger partial charge in [0.1, 0.15) is 0 Å². The first-order chi connectivity index (χ1) is 12.1. The summed E-state index contributed by atoms with van der Waals surface area (Å²) >= 11 is 0. The number of aromatic carboxylic acids is 1. The minimum Gasteiger partial charge on any atom is -0.478 e. The van der Waals surface area contributed by atoms with Gasteiger partial charge in [0.25, 0.3) is 0 Å². The first-order valence-electron chi connectivity index (χ1n) is 8.87. The molecule has 0 aromatic heterocycles. The molecule has 146 valence electrons. The van der Waals surface area contributed by atoms with Gasteiger partial charge in [-0.3, -0.25) is 4.90 Å². The number of sulfonamides is 1. The molecule has 1 saturated heterocycles. The van der Waals surface area contributed by atoms with Crippen LogP contribution in [0.3, 0.4) is 0 Å². The van der Waals surface area contributed by atoms with E-state index < -0.39 is 16.0 Å². The van der Waals surface area contributed by atoms with E-state index in [1.165, 1.54) is 28.6 Å². The smallest absolute Gasteiger partial charge is 0.335 e. The maximum atomic E-state index is 13.0. The normalized spacial score (nSPS) is 22.7. The molecule has 1 aliphatic heterocycles. The van der Waals surface area contributed by atoms with Crippen molar-refractivity contribution < 1.29 is 18.3 Å². The van der Waals surface area contributed by atoms with Crippen LogP contribution in [0.5, 0.6) is 0 Å². The third-order valence-electron chi connectivity index (χ3n) is 4.81. The number of carbonyl (C=O) groups is 1. The van der Waals surface area contributed by atoms with E-state index in [1.807, 2.05) is 27.9 Å². The van der Waals surface area contributed by atoms with Gasteiger partial charge in [-0.25, -0.2) is 13.2 Å². The zero-order valence-corrected chi connectivity index (χ0v) is 16.7. The van der Waals surface area contributed by atoms with Gasteiger partial charge in [0, 0.05) is 31.7 Å². The highest BCUT2D eigenvalue weighted by atomic mass is 32.2. The molecule has 0 aliphatic carbocycles. The van der Waals surface area contributed by atoms with Gasteiger partial charge in [0.15, 0.2) is 0 Å². The Morgan fingerprint density at radius 2 is 1.85 bits per heavy atom. The molecular weight excluding hydrogens is 354 g/mol. The summed E-state index contributed by atoms with van der Waals surface area (Å²) in [6.45, 7) is 6.84. The van der Waals surface area contributed by atoms with Crippen LogP contribution in [0.1, 0.15) is 30.6 Å². The monoisotopic (exact) mass is 383 g/mol. The van der Waals surface area contributed by atoms with E-state index in [1.54, 1.807) is 0 Å². The van der Waals surface area contributed by atoms with Crippen LogP contribution in [0.4, 0.5) is 0 Å². The van der Waals surface area contributed by atoms with E-state index in [2.05, 4.69) is 9.80 Å². The molecule has 1 aliphatic rings. The highest BCUT2D eigenvalue weighted by molar-refractivity contribution is 7.89. The topological polar surface area (TPSA) is 81.2 Å². The van der Waals surface area contributed by atoms with E-state index in [0.29, 0.717) is 13.1 Å². The van der Waals surface area contributed by atoms with Crippen LogP contribution >= 0.6 is 0 Å². The molecule has 2 rings (SSSR count). The van der Waals surface area contributed by atoms with E-state index in [9.17, 15) is 13.2 Å². The fourth-order valence-corrected chi connectivity index (χ4v) is 5.10. The number of carboxylic acids is 1. The minimum absolute atomic E-state index is 0.0190. The summed E-state index contributed by atoms with van der Waals surface area (Å²) in [4.78, 5) is 15.7. The van der Waals surface area contributed by atoms with Crippen molar-refractivity contribution in [1.29, 1.82) is 0 Å². The van der Waals surface area contributed by atoms with Crippen molar-refractivity contribution in [2.24, 2.45) is 0 Å². The van der Waals surface area contributed by atoms with Crippen molar-refractivity contribution in [2.75, 3.05) is 40.3 Å². The molecule has 0 spiro atoms. The van der Waals surface area contributed by atoms with Crippen LogP contribution < -0.4 is 0 Å². The van der Waals surface area contributed by atoms with Gasteiger partial charge in [-0.15, -0.1) is 0 Å². The molecule has 2 unspecified atom stereocenters. The largest absolute Gasteiger partial charge is 0.478 e. The lowest BCUT2D eigenvalue weighted by Gasteiger charge is -2.44. The second-order valence-electron chi connectivity index (χ2n) is 7.25. The lowest BCUT2D eigenvalue weighted by atomic mass is 10.1. The van der Waals surface area contributed by atoms with Gasteiger partial charge in [-0.2, -0.15) is 4.31 Å². The number of carboxylic acid groups (broad SMARTS) is 1. The van der Waals surface area contributed by atoms with E-state index >= 15 is 0 Å². The average Bonchev–Trinajstić information content (AvgIpc) is 2.57. The van der Waals surface area contributed by atoms with Crippen LogP contribution in [0.2, 0.25) is 0 Å². The van der Waals surface area contributed by atoms with E-state index in [-0.39, 0.29) is 22.5 Å². The van der Waals surface area contributed by atoms with Crippen molar-refractivity contribution in [2.45, 2.75) is 37.2 Å². The van der Waals surface area contributed by atoms with Crippen molar-refractivity contribution in [3.05, 3.63) is 29.8 Å². The highest BCUT2D eigenvalue weighted by Crippen LogP contribution is 2.24. The Kier molecular flexibility index (Phi) is 6.79. The predicted molar refractivity (Wildman–Crippen MR) is 101 cm³/mol. The number of benzene rings is 1. The first kappa shape index (κ1) is 20.8. The molecule has 1 aromatic rings. The van der Waals surface area contributed by atoms with E-state index in [4.69, 9.17) is 5.11 Å². The quantitative estimate of drug-likeness (QED) is 0.767. The summed E-state index contributed by atoms with van der Waals surface area (Å²) in [5, 5.41) is 9.11. The van der Waals surface area contributed by atoms with Crippen molar-refractivity contribution in [3.8, 4) is 0 Å². The van der Waals surface area contributed by atoms with Gasteiger partial charge in [-0.1, -0.05) is 6.07 Å². The summed E-state index contributed by atoms with van der Waals surface area (Å²) in [6.07, 6.45) is 1.04. The third-order valence-corrected chi connectivity index (χ3v) is 6.64. The van der Waals surface area contributed by atoms with Crippen LogP contribution in [0.15, 0.2) is 29.2 Å². The Balaban J connectivity index is 2.13. The Hall–Kier alpha value is -1.48. The van der Waals surface area contributed by atoms with Gasteiger partial charge in [0.05, 0.1) is 10.5 Å². The zero-order valence-electron chi connectivity index (χ0n) is 15.9. The molecular formula is C18H29N3O4S. The standard InChI is InChI=1S/C18H29N3O4S/c1-14-12-20(13-15(2)21(14)10-6-9-19(3)4)26(24,25)17-8-5-7-16(11-17)18(22)23/h5,7-8,11,14-15H,6,9-10,12-13H2,1-4H3,(H,22,23). The van der Waals surface area contributed by atoms with Crippen LogP contribution in [0.25, 0.3) is 0 Å². The van der Waals surface area contributed by atoms with Crippen molar-refractivity contribution in [1.82, 2.24) is 14.1 Å². The van der Waals surface area contributed by atoms with E-state index in [0.717, 1.165) is 19.5 Å². The minimum atomic E-state index is -3.71. The lowest BCUT2D eigenvalue weighted by Crippen LogP contribution is -2.58. The van der Waals surface area contributed by atoms with Crippen molar-refractivity contribution >= 4 is 16.0 Å². The van der Waals surface area contributed by atoms with Crippen LogP contribution in [-0.2, 0) is 10.0 Å². The van der Waals surface area contributed by atoms with Gasteiger partial charge >= 0.3 is 5.97 Å². The zero-order chi connectivity index (χ0) is 19.5. The molecule has 26 heavy (non-hydrogen) atoms. The Morgan fingerprint density at radius 1 is 1.23 bits per heavy atom. The Labute approximate surface area is 156 Å². The van der Waals surface area contributed by atoms with Crippen molar-refractivity contribution in [3.63, 3.8) is 0 Å². The maximum absolute atomic E-state index is 13.0. The fraction of sp³-hybridized carbons (Fsp3) is 0.611. The van der Waals surface area contributed by atoms with Gasteiger partial charge < -0.3 is 10.0 Å². The van der Waals surface area contributed by atoms with Crippen LogP contribution in [0, 0.1) is 0 Å². The molecule has 1 fully saturated rings. The number of piperazine rings is 1. The molecule has 1 N–H and O–H groups in total. The number of nitrogens with zero attached hydrogens (tertiary/aromatic N) is 3. The first-order valence-corrected chi connectivity index (χ1v) is 10.3. The second kappa shape index (κ2) is 8.47. The number of rotatable bonds is 7. The number of hydrogen-bond donors (Lipinski definition) is 1. The van der Waals surface area contributed by atoms with Gasteiger partial charge in [0.2, 0.25) is 10.0 Å². The number of hydrogen-bond acceptors (Lipinski definition) is 5.